The number of ether oxygens (including phenoxy) is 3. The second-order valence-electron chi connectivity index (χ2n) is 6.51. The second kappa shape index (κ2) is 7.75. The van der Waals surface area contributed by atoms with Crippen LogP contribution in [0.1, 0.15) is 11.1 Å². The Bertz CT molecular complexity index is 1220. The van der Waals surface area contributed by atoms with Crippen LogP contribution in [0.3, 0.4) is 0 Å². The van der Waals surface area contributed by atoms with Crippen LogP contribution in [0, 0.1) is 6.92 Å². The van der Waals surface area contributed by atoms with Crippen LogP contribution in [-0.4, -0.2) is 36.3 Å². The summed E-state index contributed by atoms with van der Waals surface area (Å²) in [7, 11) is 4.77. The number of fused-ring (bicyclic) bond motifs is 3. The van der Waals surface area contributed by atoms with Crippen molar-refractivity contribution in [3.05, 3.63) is 47.8 Å². The lowest BCUT2D eigenvalue weighted by molar-refractivity contribution is 0.347. The minimum atomic E-state index is 0.300. The highest BCUT2D eigenvalue weighted by Crippen LogP contribution is 2.35. The second-order valence-corrected chi connectivity index (χ2v) is 6.51. The predicted molar refractivity (Wildman–Crippen MR) is 110 cm³/mol. The zero-order valence-electron chi connectivity index (χ0n) is 16.7. The topological polar surface area (TPSA) is 94.0 Å². The van der Waals surface area contributed by atoms with Crippen LogP contribution in [0.2, 0.25) is 0 Å². The monoisotopic (exact) mass is 391 g/mol. The molecule has 0 aliphatic heterocycles. The van der Waals surface area contributed by atoms with Gasteiger partial charge in [0.25, 0.3) is 0 Å². The van der Waals surface area contributed by atoms with E-state index in [1.807, 2.05) is 12.1 Å². The molecule has 0 aliphatic rings. The number of nitrogens with zero attached hydrogens (tertiary/aromatic N) is 4. The van der Waals surface area contributed by atoms with Crippen LogP contribution in [0.5, 0.6) is 17.2 Å². The first-order valence-electron chi connectivity index (χ1n) is 9.04. The fourth-order valence-electron chi connectivity index (χ4n) is 3.26. The van der Waals surface area contributed by atoms with Gasteiger partial charge in [0.2, 0.25) is 5.82 Å². The number of aryl methyl sites for hydroxylation is 1. The smallest absolute Gasteiger partial charge is 0.201 e. The maximum absolute atomic E-state index is 5.44. The summed E-state index contributed by atoms with van der Waals surface area (Å²) < 4.78 is 16.1. The summed E-state index contributed by atoms with van der Waals surface area (Å²) >= 11 is 0. The number of H-pyrrole nitrogens is 1. The average Bonchev–Trinajstić information content (AvgIpc) is 3.12. The molecule has 0 bridgehead atoms. The molecule has 0 unspecified atom stereocenters. The molecule has 2 aromatic heterocycles. The summed E-state index contributed by atoms with van der Waals surface area (Å²) in [6.45, 7) is 2.35. The lowest BCUT2D eigenvalue weighted by atomic mass is 10.1. The van der Waals surface area contributed by atoms with E-state index in [0.29, 0.717) is 29.6 Å². The van der Waals surface area contributed by atoms with Gasteiger partial charge in [-0.25, -0.2) is 9.97 Å². The molecular weight excluding hydrogens is 370 g/mol. The van der Waals surface area contributed by atoms with Crippen LogP contribution < -0.4 is 14.2 Å². The molecule has 0 amide bonds. The Labute approximate surface area is 167 Å². The van der Waals surface area contributed by atoms with Gasteiger partial charge in [-0.05, 0) is 25.1 Å². The molecule has 2 heterocycles. The van der Waals surface area contributed by atoms with Crippen molar-refractivity contribution in [2.75, 3.05) is 21.3 Å². The lowest BCUT2D eigenvalue weighted by Gasteiger charge is -2.12. The van der Waals surface area contributed by atoms with Gasteiger partial charge in [-0.1, -0.05) is 11.6 Å². The molecule has 29 heavy (non-hydrogen) atoms. The minimum absolute atomic E-state index is 0.300. The quantitative estimate of drug-likeness (QED) is 0.480. The summed E-state index contributed by atoms with van der Waals surface area (Å²) in [4.78, 5) is 12.0. The number of aromatic nitrogens is 3. The maximum atomic E-state index is 5.44. The Morgan fingerprint density at radius 3 is 2.45 bits per heavy atom. The van der Waals surface area contributed by atoms with Crippen molar-refractivity contribution < 1.29 is 14.2 Å². The molecule has 1 N–H and O–H groups in total. The molecular formula is C21H21N5O3. The molecule has 0 saturated carbocycles. The molecule has 8 heteroatoms. The highest BCUT2D eigenvalue weighted by Gasteiger charge is 2.13. The Morgan fingerprint density at radius 2 is 1.69 bits per heavy atom. The summed E-state index contributed by atoms with van der Waals surface area (Å²) in [6.07, 6.45) is 1.50. The Kier molecular flexibility index (Phi) is 4.99. The Morgan fingerprint density at radius 1 is 0.931 bits per heavy atom. The maximum Gasteiger partial charge on any atom is 0.201 e. The van der Waals surface area contributed by atoms with E-state index in [1.54, 1.807) is 27.4 Å². The molecule has 0 atom stereocenters. The van der Waals surface area contributed by atoms with Crippen molar-refractivity contribution in [3.8, 4) is 17.2 Å². The van der Waals surface area contributed by atoms with E-state index in [2.05, 4.69) is 44.2 Å². The highest BCUT2D eigenvalue weighted by atomic mass is 16.5. The standard InChI is InChI=1S/C21H21N5O3/c1-12-5-6-15-14(7-12)19-20(25-15)21(23-11-22-19)26-24-10-13-8-17(28-3)18(29-4)9-16(13)27-2/h5-9,11,25H,10H2,1-4H3. The van der Waals surface area contributed by atoms with Crippen molar-refractivity contribution in [1.29, 1.82) is 0 Å². The van der Waals surface area contributed by atoms with Crippen molar-refractivity contribution in [1.82, 2.24) is 15.0 Å². The van der Waals surface area contributed by atoms with Crippen LogP contribution >= 0.6 is 0 Å². The molecule has 4 rings (SSSR count). The molecule has 0 radical (unpaired) electrons. The number of hydrogen-bond acceptors (Lipinski definition) is 7. The fraction of sp³-hybridized carbons (Fsp3) is 0.238. The largest absolute Gasteiger partial charge is 0.496 e. The van der Waals surface area contributed by atoms with Crippen molar-refractivity contribution in [3.63, 3.8) is 0 Å². The third-order valence-electron chi connectivity index (χ3n) is 4.71. The zero-order valence-corrected chi connectivity index (χ0v) is 16.7. The number of nitrogens with one attached hydrogen (secondary N) is 1. The van der Waals surface area contributed by atoms with E-state index in [-0.39, 0.29) is 0 Å². The summed E-state index contributed by atoms with van der Waals surface area (Å²) in [5.74, 6) is 2.34. The highest BCUT2D eigenvalue weighted by molar-refractivity contribution is 6.07. The fourth-order valence-corrected chi connectivity index (χ4v) is 3.26. The molecule has 0 spiro atoms. The third kappa shape index (κ3) is 3.44. The first-order chi connectivity index (χ1) is 14.1. The van der Waals surface area contributed by atoms with Gasteiger partial charge in [-0.2, -0.15) is 5.11 Å². The van der Waals surface area contributed by atoms with Crippen LogP contribution in [-0.2, 0) is 6.54 Å². The van der Waals surface area contributed by atoms with Gasteiger partial charge in [0.05, 0.1) is 27.9 Å². The molecule has 0 saturated heterocycles. The summed E-state index contributed by atoms with van der Waals surface area (Å²) in [5.41, 5.74) is 4.57. The minimum Gasteiger partial charge on any atom is -0.496 e. The molecule has 0 fully saturated rings. The first kappa shape index (κ1) is 18.7. The van der Waals surface area contributed by atoms with Gasteiger partial charge in [0.15, 0.2) is 11.5 Å². The Hall–Kier alpha value is -3.68. The van der Waals surface area contributed by atoms with E-state index in [0.717, 1.165) is 27.5 Å². The molecule has 4 aromatic rings. The summed E-state index contributed by atoms with van der Waals surface area (Å²) in [6, 6.07) is 9.78. The first-order valence-corrected chi connectivity index (χ1v) is 9.04. The van der Waals surface area contributed by atoms with Crippen LogP contribution in [0.15, 0.2) is 46.9 Å². The van der Waals surface area contributed by atoms with Gasteiger partial charge in [0, 0.05) is 22.5 Å². The van der Waals surface area contributed by atoms with E-state index in [1.165, 1.54) is 11.9 Å². The van der Waals surface area contributed by atoms with Gasteiger partial charge in [-0.15, -0.1) is 5.11 Å². The van der Waals surface area contributed by atoms with Gasteiger partial charge >= 0.3 is 0 Å². The number of hydrogen-bond donors (Lipinski definition) is 1. The lowest BCUT2D eigenvalue weighted by Crippen LogP contribution is -1.96. The molecule has 2 aromatic carbocycles. The number of methoxy groups -OCH3 is 3. The number of rotatable bonds is 6. The van der Waals surface area contributed by atoms with Gasteiger partial charge in [0.1, 0.15) is 23.1 Å². The van der Waals surface area contributed by atoms with Crippen molar-refractivity contribution >= 4 is 27.8 Å². The van der Waals surface area contributed by atoms with Gasteiger partial charge < -0.3 is 19.2 Å². The van der Waals surface area contributed by atoms with Gasteiger partial charge in [-0.3, -0.25) is 0 Å². The number of aromatic amines is 1. The zero-order chi connectivity index (χ0) is 20.4. The molecule has 148 valence electrons. The molecule has 0 aliphatic carbocycles. The SMILES string of the molecule is COc1cc(OC)c(OC)cc1CN=Nc1ncnc2c1[nH]c1ccc(C)cc12. The normalized spacial score (nSPS) is 11.4. The van der Waals surface area contributed by atoms with Crippen molar-refractivity contribution in [2.24, 2.45) is 10.2 Å². The van der Waals surface area contributed by atoms with E-state index < -0.39 is 0 Å². The third-order valence-corrected chi connectivity index (χ3v) is 4.71. The Balaban J connectivity index is 1.68. The average molecular weight is 391 g/mol. The number of benzene rings is 2. The van der Waals surface area contributed by atoms with Crippen molar-refractivity contribution in [2.45, 2.75) is 13.5 Å². The van der Waals surface area contributed by atoms with E-state index >= 15 is 0 Å². The van der Waals surface area contributed by atoms with E-state index in [4.69, 9.17) is 14.2 Å². The predicted octanol–water partition coefficient (Wildman–Crippen LogP) is 4.73. The molecule has 8 nitrogen and oxygen atoms in total. The number of azo groups is 1. The van der Waals surface area contributed by atoms with Crippen LogP contribution in [0.4, 0.5) is 5.82 Å². The van der Waals surface area contributed by atoms with E-state index in [9.17, 15) is 0 Å². The summed E-state index contributed by atoms with van der Waals surface area (Å²) in [5, 5.41) is 9.71. The van der Waals surface area contributed by atoms with Crippen LogP contribution in [0.25, 0.3) is 21.9 Å².